The number of sulfonamides is 1. The molecule has 3 heterocycles. The number of allylic oxidation sites excluding steroid dienone is 1. The van der Waals surface area contributed by atoms with Crippen LogP contribution >= 0.6 is 11.6 Å². The molecule has 3 aliphatic heterocycles. The molecule has 9 nitrogen and oxygen atoms in total. The van der Waals surface area contributed by atoms with Crippen LogP contribution in [0.1, 0.15) is 81.3 Å². The van der Waals surface area contributed by atoms with E-state index < -0.39 is 26.8 Å². The number of carbonyl (C=O) groups is 1. The fourth-order valence-electron chi connectivity index (χ4n) is 9.59. The Morgan fingerprint density at radius 3 is 2.58 bits per heavy atom. The number of anilines is 1. The van der Waals surface area contributed by atoms with Crippen molar-refractivity contribution in [3.05, 3.63) is 70.3 Å². The van der Waals surface area contributed by atoms with Crippen molar-refractivity contribution < 1.29 is 22.7 Å². The molecule has 6 atom stereocenters. The minimum atomic E-state index is -3.95. The van der Waals surface area contributed by atoms with Gasteiger partial charge in [-0.2, -0.15) is 0 Å². The quantitative estimate of drug-likeness (QED) is 0.365. The van der Waals surface area contributed by atoms with E-state index in [0.29, 0.717) is 30.6 Å². The van der Waals surface area contributed by atoms with Crippen molar-refractivity contribution in [2.45, 2.75) is 88.5 Å². The smallest absolute Gasteiger partial charge is 0.264 e. The summed E-state index contributed by atoms with van der Waals surface area (Å²) in [7, 11) is -2.09. The predicted molar refractivity (Wildman–Crippen MR) is 208 cm³/mol. The highest BCUT2D eigenvalue weighted by molar-refractivity contribution is 7.90. The summed E-state index contributed by atoms with van der Waals surface area (Å²) in [5, 5.41) is -0.0215. The summed E-state index contributed by atoms with van der Waals surface area (Å²) in [4.78, 5) is 21.2. The van der Waals surface area contributed by atoms with Gasteiger partial charge in [0, 0.05) is 75.0 Å². The van der Waals surface area contributed by atoms with Gasteiger partial charge in [0.25, 0.3) is 5.91 Å². The van der Waals surface area contributed by atoms with Crippen LogP contribution in [0.2, 0.25) is 5.02 Å². The van der Waals surface area contributed by atoms with Crippen LogP contribution in [0, 0.1) is 17.8 Å². The number of ether oxygens (including phenoxy) is 2. The van der Waals surface area contributed by atoms with Crippen LogP contribution in [0.5, 0.6) is 5.75 Å². The summed E-state index contributed by atoms with van der Waals surface area (Å²) >= 11 is 6.50. The first-order valence-electron chi connectivity index (χ1n) is 19.4. The molecule has 0 aromatic heterocycles. The van der Waals surface area contributed by atoms with E-state index in [-0.39, 0.29) is 17.3 Å². The van der Waals surface area contributed by atoms with E-state index in [4.69, 9.17) is 21.1 Å². The zero-order chi connectivity index (χ0) is 36.8. The topological polar surface area (TPSA) is 91.4 Å². The van der Waals surface area contributed by atoms with E-state index in [1.54, 1.807) is 13.0 Å². The Labute approximate surface area is 316 Å². The van der Waals surface area contributed by atoms with E-state index in [9.17, 15) is 13.2 Å². The van der Waals surface area contributed by atoms with E-state index >= 15 is 0 Å². The monoisotopic (exact) mass is 752 g/mol. The molecule has 2 bridgehead atoms. The minimum Gasteiger partial charge on any atom is -0.490 e. The van der Waals surface area contributed by atoms with Crippen LogP contribution in [-0.4, -0.2) is 101 Å². The molecule has 1 spiro atoms. The van der Waals surface area contributed by atoms with Crippen LogP contribution in [-0.2, 0) is 26.6 Å². The van der Waals surface area contributed by atoms with E-state index in [2.05, 4.69) is 57.6 Å². The Balaban J connectivity index is 1.29. The van der Waals surface area contributed by atoms with E-state index in [1.807, 2.05) is 32.2 Å². The van der Waals surface area contributed by atoms with Gasteiger partial charge in [0.15, 0.2) is 0 Å². The van der Waals surface area contributed by atoms with Crippen LogP contribution in [0.4, 0.5) is 5.69 Å². The zero-order valence-electron chi connectivity index (χ0n) is 31.6. The molecule has 0 radical (unpaired) electrons. The first-order chi connectivity index (χ1) is 24.8. The molecule has 7 rings (SSSR count). The maximum absolute atomic E-state index is 13.6. The molecule has 11 heteroatoms. The summed E-state index contributed by atoms with van der Waals surface area (Å²) in [6.45, 7) is 15.0. The third kappa shape index (κ3) is 7.27. The molecule has 2 aliphatic carbocycles. The van der Waals surface area contributed by atoms with Crippen molar-refractivity contribution >= 4 is 33.2 Å². The Bertz CT molecular complexity index is 1780. The number of hydrogen-bond acceptors (Lipinski definition) is 8. The number of carbonyl (C=O) groups excluding carboxylic acids is 1. The average molecular weight is 753 g/mol. The van der Waals surface area contributed by atoms with Crippen molar-refractivity contribution in [2.75, 3.05) is 64.4 Å². The second-order valence-electron chi connectivity index (χ2n) is 16.6. The van der Waals surface area contributed by atoms with Gasteiger partial charge in [0.2, 0.25) is 10.0 Å². The number of amides is 1. The third-order valence-corrected chi connectivity index (χ3v) is 15.4. The summed E-state index contributed by atoms with van der Waals surface area (Å²) in [6, 6.07) is 12.2. The first kappa shape index (κ1) is 37.7. The van der Waals surface area contributed by atoms with Crippen molar-refractivity contribution in [3.8, 4) is 5.75 Å². The number of nitrogens with zero attached hydrogens (tertiary/aromatic N) is 3. The highest BCUT2D eigenvalue weighted by Gasteiger charge is 2.50. The zero-order valence-corrected chi connectivity index (χ0v) is 33.1. The summed E-state index contributed by atoms with van der Waals surface area (Å²) in [5.41, 5.74) is 2.93. The highest BCUT2D eigenvalue weighted by Crippen LogP contribution is 2.49. The number of aryl methyl sites for hydroxylation is 1. The lowest BCUT2D eigenvalue weighted by Crippen LogP contribution is -2.59. The van der Waals surface area contributed by atoms with Gasteiger partial charge in [-0.05, 0) is 119 Å². The van der Waals surface area contributed by atoms with Crippen molar-refractivity contribution in [3.63, 3.8) is 0 Å². The van der Waals surface area contributed by atoms with Crippen LogP contribution < -0.4 is 14.4 Å². The van der Waals surface area contributed by atoms with Gasteiger partial charge in [-0.3, -0.25) is 14.6 Å². The van der Waals surface area contributed by atoms with Gasteiger partial charge >= 0.3 is 0 Å². The standard InChI is InChI=1S/C41H57ClN4O5S/c1-28(2)45-20-18-44(19-21-45)26-41(50-5)17-6-8-29(3)30(4)52(48,49)43-39(47)32-11-15-38-37(23-32)46(24-33-10-13-36(33)41)25-40(27-51-38)16-7-9-31-22-34(42)12-14-35(31)40/h6,11-12,14-15,17,22-23,28-30,33,36H,7-10,13,16,18-21,24-27H2,1-5H3,(H,43,47)/b17-6-/t29-,30+,33-,36+,40-,41-/m0/s1. The number of halogens is 1. The Hall–Kier alpha value is -2.63. The van der Waals surface area contributed by atoms with Crippen molar-refractivity contribution in [1.29, 1.82) is 0 Å². The fourth-order valence-corrected chi connectivity index (χ4v) is 11.1. The normalized spacial score (nSPS) is 33.3. The van der Waals surface area contributed by atoms with Gasteiger partial charge in [-0.15, -0.1) is 0 Å². The number of rotatable bonds is 4. The molecular formula is C41H57ClN4O5S. The second-order valence-corrected chi connectivity index (χ2v) is 19.1. The SMILES string of the molecule is CO[C@]1(CN2CCN(C(C)C)CC2)/C=C\C[C@H](C)[C@@H](C)S(=O)(=O)NC(=O)c2ccc3c(c2)N(C[C@@H]2CC[C@H]21)C[C@@]1(CCCc2cc(Cl)ccc21)CO3. The predicted octanol–water partition coefficient (Wildman–Crippen LogP) is 6.29. The lowest BCUT2D eigenvalue weighted by Gasteiger charge is -2.52. The average Bonchev–Trinajstić information content (AvgIpc) is 3.25. The fraction of sp³-hybridized carbons (Fsp3) is 0.634. The van der Waals surface area contributed by atoms with Gasteiger partial charge in [0.05, 0.1) is 17.5 Å². The summed E-state index contributed by atoms with van der Waals surface area (Å²) in [6.07, 6.45) is 10.1. The van der Waals surface area contributed by atoms with Gasteiger partial charge in [-0.1, -0.05) is 36.7 Å². The maximum Gasteiger partial charge on any atom is 0.264 e. The van der Waals surface area contributed by atoms with Crippen LogP contribution in [0.15, 0.2) is 48.6 Å². The van der Waals surface area contributed by atoms with Crippen LogP contribution in [0.3, 0.4) is 0 Å². The number of piperazine rings is 1. The Kier molecular flexibility index (Phi) is 10.8. The van der Waals surface area contributed by atoms with Crippen molar-refractivity contribution in [2.24, 2.45) is 17.8 Å². The molecule has 52 heavy (non-hydrogen) atoms. The molecular weight excluding hydrogens is 696 g/mol. The lowest BCUT2D eigenvalue weighted by atomic mass is 9.63. The molecule has 1 amide bonds. The molecule has 2 fully saturated rings. The van der Waals surface area contributed by atoms with E-state index in [0.717, 1.165) is 94.4 Å². The molecule has 1 saturated carbocycles. The molecule has 1 saturated heterocycles. The summed E-state index contributed by atoms with van der Waals surface area (Å²) in [5.74, 6) is 0.515. The first-order valence-corrected chi connectivity index (χ1v) is 21.3. The van der Waals surface area contributed by atoms with Crippen molar-refractivity contribution in [1.82, 2.24) is 14.5 Å². The number of fused-ring (bicyclic) bond motifs is 4. The third-order valence-electron chi connectivity index (χ3n) is 13.2. The van der Waals surface area contributed by atoms with E-state index in [1.165, 1.54) is 11.1 Å². The molecule has 5 aliphatic rings. The Morgan fingerprint density at radius 2 is 1.87 bits per heavy atom. The molecule has 2 aromatic rings. The molecule has 1 N–H and O–H groups in total. The largest absolute Gasteiger partial charge is 0.490 e. The van der Waals surface area contributed by atoms with Gasteiger partial charge < -0.3 is 14.4 Å². The van der Waals surface area contributed by atoms with Crippen LogP contribution in [0.25, 0.3) is 0 Å². The number of methoxy groups -OCH3 is 1. The maximum atomic E-state index is 13.6. The second kappa shape index (κ2) is 14.9. The van der Waals surface area contributed by atoms with Gasteiger partial charge in [-0.25, -0.2) is 13.1 Å². The Morgan fingerprint density at radius 1 is 1.08 bits per heavy atom. The lowest BCUT2D eigenvalue weighted by molar-refractivity contribution is -0.0961. The molecule has 284 valence electrons. The molecule has 0 unspecified atom stereocenters. The number of nitrogens with one attached hydrogen (secondary N) is 1. The molecule has 2 aromatic carbocycles. The summed E-state index contributed by atoms with van der Waals surface area (Å²) < 4.78 is 43.0. The number of benzene rings is 2. The highest BCUT2D eigenvalue weighted by atomic mass is 35.5. The number of hydrogen-bond donors (Lipinski definition) is 1. The minimum absolute atomic E-state index is 0.212. The van der Waals surface area contributed by atoms with Gasteiger partial charge in [0.1, 0.15) is 11.4 Å².